The van der Waals surface area contributed by atoms with Crippen LogP contribution in [0.4, 0.5) is 0 Å². The van der Waals surface area contributed by atoms with E-state index in [0.717, 1.165) is 37.8 Å². The van der Waals surface area contributed by atoms with E-state index in [0.29, 0.717) is 12.8 Å². The monoisotopic (exact) mass is 414 g/mol. The Kier molecular flexibility index (Phi) is 9.61. The van der Waals surface area contributed by atoms with Gasteiger partial charge in [0.05, 0.1) is 28.2 Å². The second-order valence-electron chi connectivity index (χ2n) is 6.94. The van der Waals surface area contributed by atoms with Gasteiger partial charge in [0.15, 0.2) is 0 Å². The molecule has 7 nitrogen and oxygen atoms in total. The fourth-order valence-corrected chi connectivity index (χ4v) is 3.14. The van der Waals surface area contributed by atoms with Crippen LogP contribution in [0.3, 0.4) is 0 Å². The molecule has 0 amide bonds. The molecule has 0 aliphatic carbocycles. The third-order valence-corrected chi connectivity index (χ3v) is 5.05. The Bertz CT molecular complexity index is 725. The average Bonchev–Trinajstić information content (AvgIpc) is 2.63. The van der Waals surface area contributed by atoms with E-state index in [1.807, 2.05) is 13.8 Å². The van der Waals surface area contributed by atoms with Crippen molar-refractivity contribution in [3.8, 4) is 0 Å². The topological polar surface area (TPSA) is 107 Å². The molecule has 28 heavy (non-hydrogen) atoms. The summed E-state index contributed by atoms with van der Waals surface area (Å²) < 4.78 is 43.1. The number of benzene rings is 1. The number of hydrogen-bond acceptors (Lipinski definition) is 6. The summed E-state index contributed by atoms with van der Waals surface area (Å²) in [6.07, 6.45) is 4.30. The van der Waals surface area contributed by atoms with E-state index in [-0.39, 0.29) is 23.3 Å². The van der Waals surface area contributed by atoms with E-state index in [1.54, 1.807) is 13.8 Å². The molecule has 1 rings (SSSR count). The van der Waals surface area contributed by atoms with Gasteiger partial charge in [0.25, 0.3) is 10.1 Å². The van der Waals surface area contributed by atoms with Gasteiger partial charge in [-0.25, -0.2) is 9.59 Å². The Morgan fingerprint density at radius 3 is 1.61 bits per heavy atom. The van der Waals surface area contributed by atoms with Gasteiger partial charge in [-0.1, -0.05) is 39.5 Å². The van der Waals surface area contributed by atoms with Crippen molar-refractivity contribution in [2.75, 3.05) is 0 Å². The van der Waals surface area contributed by atoms with Crippen molar-refractivity contribution in [2.24, 2.45) is 0 Å². The molecule has 0 fully saturated rings. The normalized spacial score (nSPS) is 13.6. The zero-order chi connectivity index (χ0) is 21.3. The van der Waals surface area contributed by atoms with Crippen LogP contribution < -0.4 is 0 Å². The molecule has 0 saturated heterocycles. The van der Waals surface area contributed by atoms with Gasteiger partial charge in [-0.05, 0) is 44.9 Å². The number of carbonyl (C=O) groups is 2. The fourth-order valence-electron chi connectivity index (χ4n) is 2.59. The second-order valence-corrected chi connectivity index (χ2v) is 8.36. The average molecular weight is 415 g/mol. The maximum absolute atomic E-state index is 12.4. The van der Waals surface area contributed by atoms with Crippen LogP contribution in [-0.2, 0) is 19.6 Å². The van der Waals surface area contributed by atoms with Crippen molar-refractivity contribution in [3.05, 3.63) is 29.3 Å². The van der Waals surface area contributed by atoms with Crippen LogP contribution in [0.2, 0.25) is 0 Å². The number of carbonyl (C=O) groups excluding carboxylic acids is 2. The van der Waals surface area contributed by atoms with Gasteiger partial charge in [-0.15, -0.1) is 0 Å². The molecule has 0 aliphatic rings. The summed E-state index contributed by atoms with van der Waals surface area (Å²) in [5, 5.41) is 0. The molecule has 158 valence electrons. The highest BCUT2D eigenvalue weighted by Crippen LogP contribution is 2.19. The lowest BCUT2D eigenvalue weighted by Crippen LogP contribution is -2.18. The van der Waals surface area contributed by atoms with Gasteiger partial charge in [0.1, 0.15) is 0 Å². The van der Waals surface area contributed by atoms with E-state index >= 15 is 0 Å². The van der Waals surface area contributed by atoms with Gasteiger partial charge in [-0.2, -0.15) is 8.42 Å². The fraction of sp³-hybridized carbons (Fsp3) is 0.600. The maximum atomic E-state index is 12.4. The van der Waals surface area contributed by atoms with Gasteiger partial charge < -0.3 is 9.47 Å². The van der Waals surface area contributed by atoms with E-state index in [9.17, 15) is 22.6 Å². The molecule has 0 bridgehead atoms. The Hall–Kier alpha value is -1.93. The van der Waals surface area contributed by atoms with Crippen LogP contribution in [0.1, 0.15) is 86.9 Å². The van der Waals surface area contributed by atoms with Crippen molar-refractivity contribution in [1.29, 1.82) is 0 Å². The summed E-state index contributed by atoms with van der Waals surface area (Å²) in [7, 11) is -4.62. The molecular weight excluding hydrogens is 384 g/mol. The zero-order valence-corrected chi connectivity index (χ0v) is 17.8. The molecule has 0 aromatic heterocycles. The summed E-state index contributed by atoms with van der Waals surface area (Å²) in [4.78, 5) is 24.2. The molecule has 0 spiro atoms. The van der Waals surface area contributed by atoms with Crippen molar-refractivity contribution < 1.29 is 32.0 Å². The zero-order valence-electron chi connectivity index (χ0n) is 16.9. The minimum atomic E-state index is -4.62. The summed E-state index contributed by atoms with van der Waals surface area (Å²) >= 11 is 0. The van der Waals surface area contributed by atoms with Crippen molar-refractivity contribution in [3.63, 3.8) is 0 Å². The van der Waals surface area contributed by atoms with Crippen molar-refractivity contribution in [2.45, 2.75) is 83.3 Å². The van der Waals surface area contributed by atoms with Gasteiger partial charge in [0, 0.05) is 0 Å². The number of unbranched alkanes of at least 4 members (excludes halogenated alkanes) is 2. The molecule has 2 unspecified atom stereocenters. The lowest BCUT2D eigenvalue weighted by molar-refractivity contribution is 0.0319. The molecule has 1 aromatic carbocycles. The summed E-state index contributed by atoms with van der Waals surface area (Å²) in [6.45, 7) is 7.52. The van der Waals surface area contributed by atoms with Gasteiger partial charge >= 0.3 is 11.9 Å². The first-order valence-electron chi connectivity index (χ1n) is 9.63. The first-order valence-corrected chi connectivity index (χ1v) is 11.1. The lowest BCUT2D eigenvalue weighted by Gasteiger charge is -2.15. The minimum Gasteiger partial charge on any atom is -0.459 e. The van der Waals surface area contributed by atoms with Gasteiger partial charge in [0.2, 0.25) is 0 Å². The number of esters is 2. The Morgan fingerprint density at radius 2 is 1.29 bits per heavy atom. The van der Waals surface area contributed by atoms with Crippen LogP contribution in [0.15, 0.2) is 23.1 Å². The third-order valence-electron chi connectivity index (χ3n) is 4.22. The molecule has 1 aromatic rings. The molecule has 1 N–H and O–H groups in total. The van der Waals surface area contributed by atoms with E-state index in [1.165, 1.54) is 6.07 Å². The molecular formula is C20H30O7S. The Balaban J connectivity index is 3.09. The number of hydrogen-bond donors (Lipinski definition) is 1. The Morgan fingerprint density at radius 1 is 0.893 bits per heavy atom. The quantitative estimate of drug-likeness (QED) is 0.422. The highest BCUT2D eigenvalue weighted by molar-refractivity contribution is 7.85. The predicted octanol–water partition coefficient (Wildman–Crippen LogP) is 4.40. The Labute approximate surface area is 167 Å². The van der Waals surface area contributed by atoms with Crippen LogP contribution >= 0.6 is 0 Å². The largest absolute Gasteiger partial charge is 0.459 e. The van der Waals surface area contributed by atoms with Crippen LogP contribution in [0.5, 0.6) is 0 Å². The van der Waals surface area contributed by atoms with Crippen LogP contribution in [0, 0.1) is 0 Å². The molecule has 0 heterocycles. The highest BCUT2D eigenvalue weighted by atomic mass is 32.2. The molecule has 0 radical (unpaired) electrons. The van der Waals surface area contributed by atoms with Crippen molar-refractivity contribution >= 4 is 22.1 Å². The first-order chi connectivity index (χ1) is 13.1. The summed E-state index contributed by atoms with van der Waals surface area (Å²) in [5.74, 6) is -1.52. The van der Waals surface area contributed by atoms with Crippen molar-refractivity contribution in [1.82, 2.24) is 0 Å². The minimum absolute atomic E-state index is 0.133. The molecule has 2 atom stereocenters. The molecule has 0 saturated carbocycles. The smallest absolute Gasteiger partial charge is 0.338 e. The number of rotatable bonds is 11. The SMILES string of the molecule is CCCCC(C)OC(=O)c1cc(C(=O)OC(C)CCCC)cc(S(=O)(=O)O)c1. The highest BCUT2D eigenvalue weighted by Gasteiger charge is 2.22. The maximum Gasteiger partial charge on any atom is 0.338 e. The van der Waals surface area contributed by atoms with Crippen LogP contribution in [-0.4, -0.2) is 37.1 Å². The van der Waals surface area contributed by atoms with E-state index < -0.39 is 27.0 Å². The standard InChI is InChI=1S/C20H30O7S/c1-5-7-9-14(3)26-19(21)16-11-17(13-18(12-16)28(23,24)25)20(22)27-15(4)10-8-6-2/h11-15H,5-10H2,1-4H3,(H,23,24,25). The second kappa shape index (κ2) is 11.2. The van der Waals surface area contributed by atoms with Gasteiger partial charge in [-0.3, -0.25) is 4.55 Å². The van der Waals surface area contributed by atoms with E-state index in [4.69, 9.17) is 9.47 Å². The summed E-state index contributed by atoms with van der Waals surface area (Å²) in [5.41, 5.74) is -0.265. The predicted molar refractivity (Wildman–Crippen MR) is 105 cm³/mol. The third kappa shape index (κ3) is 7.98. The number of ether oxygens (including phenoxy) is 2. The summed E-state index contributed by atoms with van der Waals surface area (Å²) in [6, 6.07) is 3.20. The first kappa shape index (κ1) is 24.1. The van der Waals surface area contributed by atoms with E-state index in [2.05, 4.69) is 0 Å². The molecule has 8 heteroatoms. The lowest BCUT2D eigenvalue weighted by atomic mass is 10.1. The molecule has 0 aliphatic heterocycles. The van der Waals surface area contributed by atoms with Crippen LogP contribution in [0.25, 0.3) is 0 Å².